The third-order valence-corrected chi connectivity index (χ3v) is 3.85. The Hall–Kier alpha value is -0.500. The zero-order valence-electron chi connectivity index (χ0n) is 10.2. The fraction of sp³-hybridized carbons (Fsp3) is 0.846. The molecule has 0 aromatic rings. The summed E-state index contributed by atoms with van der Waals surface area (Å²) in [6.45, 7) is 9.02. The molecule has 2 fully saturated rings. The molecule has 0 spiro atoms. The van der Waals surface area contributed by atoms with Gasteiger partial charge < -0.3 is 9.80 Å². The molecule has 15 heavy (non-hydrogen) atoms. The van der Waals surface area contributed by atoms with Crippen molar-refractivity contribution in [1.82, 2.24) is 9.80 Å². The number of nitrogens with zero attached hydrogens (tertiary/aromatic N) is 2. The van der Waals surface area contributed by atoms with E-state index in [4.69, 9.17) is 0 Å². The van der Waals surface area contributed by atoms with Gasteiger partial charge >= 0.3 is 0 Å². The normalized spacial score (nSPS) is 30.9. The van der Waals surface area contributed by atoms with Gasteiger partial charge in [0.05, 0.1) is 0 Å². The molecular formula is C13H24N2. The molecule has 2 unspecified atom stereocenters. The summed E-state index contributed by atoms with van der Waals surface area (Å²) in [6, 6.07) is 1.52. The minimum absolute atomic E-state index is 0.762. The third-order valence-electron chi connectivity index (χ3n) is 3.85. The van der Waals surface area contributed by atoms with Crippen LogP contribution in [0.5, 0.6) is 0 Å². The Morgan fingerprint density at radius 2 is 1.87 bits per heavy atom. The highest BCUT2D eigenvalue weighted by atomic mass is 15.3. The Morgan fingerprint density at radius 3 is 2.40 bits per heavy atom. The van der Waals surface area contributed by atoms with Crippen molar-refractivity contribution in [1.29, 1.82) is 0 Å². The highest BCUT2D eigenvalue weighted by Crippen LogP contribution is 2.33. The summed E-state index contributed by atoms with van der Waals surface area (Å²) in [5.74, 6) is 0. The lowest BCUT2D eigenvalue weighted by Gasteiger charge is -2.42. The van der Waals surface area contributed by atoms with Gasteiger partial charge in [0.25, 0.3) is 0 Å². The lowest BCUT2D eigenvalue weighted by molar-refractivity contribution is 0.110. The van der Waals surface area contributed by atoms with Crippen LogP contribution in [0.15, 0.2) is 12.3 Å². The van der Waals surface area contributed by atoms with Crippen molar-refractivity contribution in [3.8, 4) is 0 Å². The molecule has 2 atom stereocenters. The number of allylic oxidation sites excluding steroid dienone is 1. The highest BCUT2D eigenvalue weighted by molar-refractivity contribution is 5.07. The summed E-state index contributed by atoms with van der Waals surface area (Å²) in [6.07, 6.45) is 6.53. The van der Waals surface area contributed by atoms with Crippen LogP contribution in [0.2, 0.25) is 0 Å². The van der Waals surface area contributed by atoms with Gasteiger partial charge in [-0.3, -0.25) is 0 Å². The highest BCUT2D eigenvalue weighted by Gasteiger charge is 2.38. The molecule has 2 rings (SSSR count). The molecule has 2 heteroatoms. The van der Waals surface area contributed by atoms with Gasteiger partial charge in [-0.2, -0.15) is 0 Å². The third kappa shape index (κ3) is 2.20. The summed E-state index contributed by atoms with van der Waals surface area (Å²) < 4.78 is 0. The van der Waals surface area contributed by atoms with Crippen LogP contribution in [0.1, 0.15) is 39.0 Å². The first-order valence-corrected chi connectivity index (χ1v) is 6.37. The first-order valence-electron chi connectivity index (χ1n) is 6.37. The molecular weight excluding hydrogens is 184 g/mol. The van der Waals surface area contributed by atoms with E-state index in [-0.39, 0.29) is 0 Å². The van der Waals surface area contributed by atoms with Crippen molar-refractivity contribution in [2.24, 2.45) is 0 Å². The Balaban J connectivity index is 1.95. The van der Waals surface area contributed by atoms with E-state index in [0.717, 1.165) is 12.1 Å². The number of rotatable bonds is 4. The Labute approximate surface area is 93.9 Å². The average molecular weight is 208 g/mol. The number of hydrogen-bond acceptors (Lipinski definition) is 2. The maximum Gasteiger partial charge on any atom is 0.0418 e. The first kappa shape index (κ1) is 11.0. The maximum atomic E-state index is 4.29. The van der Waals surface area contributed by atoms with Crippen molar-refractivity contribution < 1.29 is 0 Å². The minimum Gasteiger partial charge on any atom is -0.367 e. The van der Waals surface area contributed by atoms with Crippen LogP contribution in [0.3, 0.4) is 0 Å². The summed E-state index contributed by atoms with van der Waals surface area (Å²) in [5, 5.41) is 0. The van der Waals surface area contributed by atoms with Crippen LogP contribution in [-0.2, 0) is 0 Å². The van der Waals surface area contributed by atoms with Gasteiger partial charge in [0.15, 0.2) is 0 Å². The zero-order valence-corrected chi connectivity index (χ0v) is 10.2. The molecule has 2 bridgehead atoms. The second-order valence-electron chi connectivity index (χ2n) is 5.18. The van der Waals surface area contributed by atoms with E-state index in [1.165, 1.54) is 50.9 Å². The quantitative estimate of drug-likeness (QED) is 0.700. The van der Waals surface area contributed by atoms with Gasteiger partial charge in [0.1, 0.15) is 0 Å². The van der Waals surface area contributed by atoms with Gasteiger partial charge in [-0.1, -0.05) is 19.9 Å². The average Bonchev–Trinajstić information content (AvgIpc) is 2.48. The minimum atomic E-state index is 0.762. The molecule has 0 radical (unpaired) electrons. The van der Waals surface area contributed by atoms with Crippen LogP contribution >= 0.6 is 0 Å². The molecule has 0 aliphatic carbocycles. The van der Waals surface area contributed by atoms with Crippen molar-refractivity contribution in [2.75, 3.05) is 20.1 Å². The van der Waals surface area contributed by atoms with Gasteiger partial charge in [-0.05, 0) is 32.7 Å². The molecule has 2 nitrogen and oxygen atoms in total. The molecule has 2 aliphatic heterocycles. The summed E-state index contributed by atoms with van der Waals surface area (Å²) in [5.41, 5.74) is 1.40. The van der Waals surface area contributed by atoms with Gasteiger partial charge in [-0.15, -0.1) is 0 Å². The number of hydrogen-bond donors (Lipinski definition) is 0. The van der Waals surface area contributed by atoms with Crippen LogP contribution < -0.4 is 0 Å². The molecule has 0 aromatic carbocycles. The molecule has 0 saturated carbocycles. The molecule has 2 heterocycles. The monoisotopic (exact) mass is 208 g/mol. The van der Waals surface area contributed by atoms with E-state index in [1.807, 2.05) is 0 Å². The summed E-state index contributed by atoms with van der Waals surface area (Å²) >= 11 is 0. The molecule has 0 amide bonds. The van der Waals surface area contributed by atoms with E-state index in [1.54, 1.807) is 0 Å². The summed E-state index contributed by atoms with van der Waals surface area (Å²) in [4.78, 5) is 5.11. The second-order valence-corrected chi connectivity index (χ2v) is 5.18. The van der Waals surface area contributed by atoms with Crippen LogP contribution in [0.4, 0.5) is 0 Å². The topological polar surface area (TPSA) is 6.48 Å². The lowest BCUT2D eigenvalue weighted by Crippen LogP contribution is -2.51. The van der Waals surface area contributed by atoms with Crippen molar-refractivity contribution in [2.45, 2.75) is 51.1 Å². The standard InChI is InChI=1S/C13H24N2/c1-4-5-6-11(2)15-12-7-8-13(15)10-14(3)9-12/h12-13H,2,4-10H2,1,3H3. The number of likely N-dealkylation sites (tertiary alicyclic amines) is 1. The summed E-state index contributed by atoms with van der Waals surface area (Å²) in [7, 11) is 2.25. The fourth-order valence-corrected chi connectivity index (χ4v) is 3.14. The van der Waals surface area contributed by atoms with Gasteiger partial charge in [0, 0.05) is 30.9 Å². The van der Waals surface area contributed by atoms with E-state index in [2.05, 4.69) is 30.4 Å². The number of likely N-dealkylation sites (N-methyl/N-ethyl adjacent to an activating group) is 1. The van der Waals surface area contributed by atoms with Gasteiger partial charge in [-0.25, -0.2) is 0 Å². The Bertz CT molecular complexity index is 223. The van der Waals surface area contributed by atoms with E-state index >= 15 is 0 Å². The van der Waals surface area contributed by atoms with Crippen LogP contribution in [0.25, 0.3) is 0 Å². The van der Waals surface area contributed by atoms with Crippen molar-refractivity contribution >= 4 is 0 Å². The molecule has 86 valence electrons. The largest absolute Gasteiger partial charge is 0.367 e. The van der Waals surface area contributed by atoms with E-state index in [9.17, 15) is 0 Å². The van der Waals surface area contributed by atoms with E-state index < -0.39 is 0 Å². The van der Waals surface area contributed by atoms with Gasteiger partial charge in [0.2, 0.25) is 0 Å². The predicted molar refractivity (Wildman–Crippen MR) is 64.8 cm³/mol. The van der Waals surface area contributed by atoms with Crippen molar-refractivity contribution in [3.05, 3.63) is 12.3 Å². The number of fused-ring (bicyclic) bond motifs is 2. The first-order chi connectivity index (χ1) is 7.22. The predicted octanol–water partition coefficient (Wildman–Crippen LogP) is 2.47. The Kier molecular flexibility index (Phi) is 3.35. The maximum absolute atomic E-state index is 4.29. The second kappa shape index (κ2) is 4.56. The number of unbranched alkanes of at least 4 members (excludes halogenated alkanes) is 1. The lowest BCUT2D eigenvalue weighted by atomic mass is 10.1. The van der Waals surface area contributed by atoms with E-state index in [0.29, 0.717) is 0 Å². The van der Waals surface area contributed by atoms with Crippen molar-refractivity contribution in [3.63, 3.8) is 0 Å². The zero-order chi connectivity index (χ0) is 10.8. The fourth-order valence-electron chi connectivity index (χ4n) is 3.14. The number of piperazine rings is 1. The molecule has 2 saturated heterocycles. The molecule has 0 N–H and O–H groups in total. The Morgan fingerprint density at radius 1 is 1.27 bits per heavy atom. The van der Waals surface area contributed by atoms with Crippen LogP contribution in [0, 0.1) is 0 Å². The SMILES string of the molecule is C=C(CCCC)N1C2CCC1CN(C)C2. The molecule has 2 aliphatic rings. The van der Waals surface area contributed by atoms with Crippen LogP contribution in [-0.4, -0.2) is 42.0 Å². The smallest absolute Gasteiger partial charge is 0.0418 e. The molecule has 0 aromatic heterocycles.